The number of benzene rings is 1. The van der Waals surface area contributed by atoms with Gasteiger partial charge in [-0.2, -0.15) is 0 Å². The summed E-state index contributed by atoms with van der Waals surface area (Å²) < 4.78 is 0. The second kappa shape index (κ2) is 35.2. The predicted octanol–water partition coefficient (Wildman–Crippen LogP) is 15.2. The molecule has 0 heterocycles. The van der Waals surface area contributed by atoms with E-state index in [2.05, 4.69) is 49.9 Å². The highest BCUT2D eigenvalue weighted by molar-refractivity contribution is 5.85. The molecule has 2 heteroatoms. The van der Waals surface area contributed by atoms with E-state index in [9.17, 15) is 0 Å². The summed E-state index contributed by atoms with van der Waals surface area (Å²) in [6.45, 7) is 9.40. The van der Waals surface area contributed by atoms with E-state index in [1.54, 1.807) is 0 Å². The fraction of sp³-hybridized carbons (Fsp3) is 0.857. The Bertz CT molecular complexity index is 624. The van der Waals surface area contributed by atoms with Crippen molar-refractivity contribution >= 4 is 18.1 Å². The SMILES string of the molecule is CCCCCCCCCCCCCCCCN(CCCCCCCCCCCCCCCC)c1ccc(CCCC)cc1.Cl. The molecule has 1 rings (SSSR count). The van der Waals surface area contributed by atoms with E-state index in [4.69, 9.17) is 0 Å². The standard InChI is InChI=1S/C42H79N.ClH/c1-4-7-10-12-14-16-18-20-22-24-26-28-30-32-39-43(42-37-35-41(36-38-42)34-9-6-3)40-33-31-29-27-25-23-21-19-17-15-13-11-8-5-2;/h35-38H,4-34,39-40H2,1-3H3;1H. The van der Waals surface area contributed by atoms with E-state index >= 15 is 0 Å². The average Bonchev–Trinajstić information content (AvgIpc) is 3.03. The van der Waals surface area contributed by atoms with Gasteiger partial charge in [0.15, 0.2) is 0 Å². The zero-order valence-electron chi connectivity index (χ0n) is 30.5. The van der Waals surface area contributed by atoms with Gasteiger partial charge < -0.3 is 4.90 Å². The maximum absolute atomic E-state index is 2.71. The lowest BCUT2D eigenvalue weighted by molar-refractivity contribution is 0.529. The first-order valence-electron chi connectivity index (χ1n) is 20.2. The molecule has 0 bridgehead atoms. The Labute approximate surface area is 284 Å². The van der Waals surface area contributed by atoms with Crippen molar-refractivity contribution in [2.24, 2.45) is 0 Å². The van der Waals surface area contributed by atoms with Crippen LogP contribution in [0.4, 0.5) is 5.69 Å². The Kier molecular flexibility index (Phi) is 34.6. The van der Waals surface area contributed by atoms with Crippen LogP contribution in [0.3, 0.4) is 0 Å². The van der Waals surface area contributed by atoms with Crippen molar-refractivity contribution in [3.8, 4) is 0 Å². The third kappa shape index (κ3) is 27.6. The highest BCUT2D eigenvalue weighted by atomic mass is 35.5. The summed E-state index contributed by atoms with van der Waals surface area (Å²) >= 11 is 0. The van der Waals surface area contributed by atoms with E-state index in [0.717, 1.165) is 0 Å². The van der Waals surface area contributed by atoms with Gasteiger partial charge in [-0.1, -0.05) is 206 Å². The Balaban J connectivity index is 0.0000185. The molecule has 0 atom stereocenters. The van der Waals surface area contributed by atoms with Crippen LogP contribution < -0.4 is 4.90 Å². The highest BCUT2D eigenvalue weighted by Crippen LogP contribution is 2.20. The summed E-state index contributed by atoms with van der Waals surface area (Å²) in [5.41, 5.74) is 2.98. The van der Waals surface area contributed by atoms with Gasteiger partial charge in [0.2, 0.25) is 0 Å². The summed E-state index contributed by atoms with van der Waals surface area (Å²) in [7, 11) is 0. The van der Waals surface area contributed by atoms with Crippen LogP contribution in [0.25, 0.3) is 0 Å². The molecule has 1 aromatic rings. The zero-order chi connectivity index (χ0) is 30.9. The maximum Gasteiger partial charge on any atom is 0.0366 e. The Hall–Kier alpha value is -0.690. The molecule has 0 saturated heterocycles. The molecule has 0 amide bonds. The van der Waals surface area contributed by atoms with Crippen molar-refractivity contribution in [2.45, 2.75) is 220 Å². The van der Waals surface area contributed by atoms with E-state index in [-0.39, 0.29) is 12.4 Å². The van der Waals surface area contributed by atoms with Crippen LogP contribution in [0.1, 0.15) is 219 Å². The van der Waals surface area contributed by atoms with Crippen molar-refractivity contribution in [3.05, 3.63) is 29.8 Å². The van der Waals surface area contributed by atoms with Gasteiger partial charge in [0.25, 0.3) is 0 Å². The lowest BCUT2D eigenvalue weighted by Crippen LogP contribution is -2.25. The summed E-state index contributed by atoms with van der Waals surface area (Å²) in [5, 5.41) is 0. The molecule has 1 nitrogen and oxygen atoms in total. The van der Waals surface area contributed by atoms with Crippen molar-refractivity contribution in [1.82, 2.24) is 0 Å². The number of rotatable bonds is 34. The molecule has 1 aromatic carbocycles. The highest BCUT2D eigenvalue weighted by Gasteiger charge is 2.07. The van der Waals surface area contributed by atoms with Crippen LogP contribution >= 0.6 is 12.4 Å². The summed E-state index contributed by atoms with van der Waals surface area (Å²) in [4.78, 5) is 2.71. The molecular weight excluding hydrogens is 554 g/mol. The molecule has 0 fully saturated rings. The number of halogens is 1. The molecule has 0 saturated carbocycles. The second-order valence-corrected chi connectivity index (χ2v) is 13.9. The lowest BCUT2D eigenvalue weighted by Gasteiger charge is -2.25. The first kappa shape index (κ1) is 43.3. The van der Waals surface area contributed by atoms with Gasteiger partial charge >= 0.3 is 0 Å². The monoisotopic (exact) mass is 634 g/mol. The maximum atomic E-state index is 2.71. The summed E-state index contributed by atoms with van der Waals surface area (Å²) in [6, 6.07) is 9.63. The predicted molar refractivity (Wildman–Crippen MR) is 205 cm³/mol. The first-order chi connectivity index (χ1) is 21.3. The summed E-state index contributed by atoms with van der Waals surface area (Å²) in [5.74, 6) is 0. The molecule has 0 spiro atoms. The van der Waals surface area contributed by atoms with Crippen molar-refractivity contribution in [3.63, 3.8) is 0 Å². The molecule has 0 aliphatic heterocycles. The number of nitrogens with zero attached hydrogens (tertiary/aromatic N) is 1. The van der Waals surface area contributed by atoms with Gasteiger partial charge in [-0.15, -0.1) is 12.4 Å². The molecule has 0 unspecified atom stereocenters. The second-order valence-electron chi connectivity index (χ2n) is 13.9. The number of hydrogen-bond acceptors (Lipinski definition) is 1. The first-order valence-corrected chi connectivity index (χ1v) is 20.2. The van der Waals surface area contributed by atoms with E-state index in [1.807, 2.05) is 0 Å². The fourth-order valence-electron chi connectivity index (χ4n) is 6.62. The van der Waals surface area contributed by atoms with Crippen LogP contribution in [-0.4, -0.2) is 13.1 Å². The zero-order valence-corrected chi connectivity index (χ0v) is 31.3. The smallest absolute Gasteiger partial charge is 0.0366 e. The van der Waals surface area contributed by atoms with Gasteiger partial charge in [-0.05, 0) is 43.4 Å². The Morgan fingerprint density at radius 3 is 0.909 bits per heavy atom. The Morgan fingerprint density at radius 1 is 0.341 bits per heavy atom. The quantitative estimate of drug-likeness (QED) is 0.0682. The molecule has 44 heavy (non-hydrogen) atoms. The topological polar surface area (TPSA) is 3.24 Å². The van der Waals surface area contributed by atoms with Crippen molar-refractivity contribution < 1.29 is 0 Å². The van der Waals surface area contributed by atoms with Crippen molar-refractivity contribution in [1.29, 1.82) is 0 Å². The normalized spacial score (nSPS) is 11.2. The molecular formula is C42H80ClN. The largest absolute Gasteiger partial charge is 0.372 e. The fourth-order valence-corrected chi connectivity index (χ4v) is 6.62. The Morgan fingerprint density at radius 2 is 0.614 bits per heavy atom. The minimum atomic E-state index is 0. The van der Waals surface area contributed by atoms with Crippen LogP contribution in [0.15, 0.2) is 24.3 Å². The van der Waals surface area contributed by atoms with Gasteiger partial charge in [-0.3, -0.25) is 0 Å². The van der Waals surface area contributed by atoms with Crippen LogP contribution in [0.5, 0.6) is 0 Å². The molecule has 0 aliphatic carbocycles. The van der Waals surface area contributed by atoms with Crippen molar-refractivity contribution in [2.75, 3.05) is 18.0 Å². The van der Waals surface area contributed by atoms with E-state index in [0.29, 0.717) is 0 Å². The van der Waals surface area contributed by atoms with Crippen LogP contribution in [0.2, 0.25) is 0 Å². The number of aryl methyl sites for hydroxylation is 1. The molecule has 260 valence electrons. The molecule has 0 aromatic heterocycles. The molecule has 0 radical (unpaired) electrons. The van der Waals surface area contributed by atoms with Gasteiger partial charge in [0.05, 0.1) is 0 Å². The summed E-state index contributed by atoms with van der Waals surface area (Å²) in [6.07, 6.45) is 44.1. The van der Waals surface area contributed by atoms with Crippen LogP contribution in [-0.2, 0) is 6.42 Å². The number of anilines is 1. The minimum absolute atomic E-state index is 0. The average molecular weight is 635 g/mol. The minimum Gasteiger partial charge on any atom is -0.372 e. The van der Waals surface area contributed by atoms with E-state index in [1.165, 1.54) is 223 Å². The van der Waals surface area contributed by atoms with Gasteiger partial charge in [-0.25, -0.2) is 0 Å². The lowest BCUT2D eigenvalue weighted by atomic mass is 10.0. The number of unbranched alkanes of at least 4 members (excludes halogenated alkanes) is 27. The third-order valence-electron chi connectivity index (χ3n) is 9.68. The molecule has 0 aliphatic rings. The third-order valence-corrected chi connectivity index (χ3v) is 9.68. The van der Waals surface area contributed by atoms with E-state index < -0.39 is 0 Å². The van der Waals surface area contributed by atoms with Gasteiger partial charge in [0.1, 0.15) is 0 Å². The number of hydrogen-bond donors (Lipinski definition) is 0. The molecule has 0 N–H and O–H groups in total. The van der Waals surface area contributed by atoms with Crippen LogP contribution in [0, 0.1) is 0 Å². The van der Waals surface area contributed by atoms with Gasteiger partial charge in [0, 0.05) is 18.8 Å².